The molecule has 1 heterocycles. The van der Waals surface area contributed by atoms with E-state index in [0.29, 0.717) is 18.5 Å². The number of ether oxygens (including phenoxy) is 1. The molecule has 0 spiro atoms. The average molecular weight is 294 g/mol. The number of aryl methyl sites for hydroxylation is 1. The molecular formula is C18H18N2O2. The maximum atomic E-state index is 12.4. The van der Waals surface area contributed by atoms with Gasteiger partial charge in [0.2, 0.25) is 0 Å². The smallest absolute Gasteiger partial charge is 0.261 e. The SMILES string of the molecule is Cc1cccc(OCCn2cnc3ccccc3c2=O)c1C. The molecule has 0 atom stereocenters. The van der Waals surface area contributed by atoms with Gasteiger partial charge in [-0.2, -0.15) is 0 Å². The molecule has 4 heteroatoms. The Hall–Kier alpha value is -2.62. The van der Waals surface area contributed by atoms with Gasteiger partial charge in [0.05, 0.1) is 23.8 Å². The quantitative estimate of drug-likeness (QED) is 0.742. The Morgan fingerprint density at radius 1 is 1.09 bits per heavy atom. The van der Waals surface area contributed by atoms with Crippen molar-refractivity contribution >= 4 is 10.9 Å². The Bertz CT molecular complexity index is 868. The summed E-state index contributed by atoms with van der Waals surface area (Å²) in [6.45, 7) is 5.00. The first kappa shape index (κ1) is 14.3. The molecule has 0 fully saturated rings. The highest BCUT2D eigenvalue weighted by molar-refractivity contribution is 5.76. The van der Waals surface area contributed by atoms with Gasteiger partial charge in [-0.05, 0) is 43.2 Å². The fourth-order valence-electron chi connectivity index (χ4n) is 2.40. The van der Waals surface area contributed by atoms with Crippen molar-refractivity contribution in [2.75, 3.05) is 6.61 Å². The molecule has 0 saturated heterocycles. The molecular weight excluding hydrogens is 276 g/mol. The van der Waals surface area contributed by atoms with Crippen molar-refractivity contribution in [1.29, 1.82) is 0 Å². The first-order chi connectivity index (χ1) is 10.7. The minimum Gasteiger partial charge on any atom is -0.491 e. The first-order valence-electron chi connectivity index (χ1n) is 7.30. The summed E-state index contributed by atoms with van der Waals surface area (Å²) >= 11 is 0. The molecule has 0 N–H and O–H groups in total. The molecule has 0 saturated carbocycles. The third-order valence-electron chi connectivity index (χ3n) is 3.88. The van der Waals surface area contributed by atoms with E-state index < -0.39 is 0 Å². The molecule has 0 radical (unpaired) electrons. The van der Waals surface area contributed by atoms with Crippen LogP contribution in [0.2, 0.25) is 0 Å². The van der Waals surface area contributed by atoms with Gasteiger partial charge < -0.3 is 4.74 Å². The van der Waals surface area contributed by atoms with Crippen LogP contribution in [0, 0.1) is 13.8 Å². The van der Waals surface area contributed by atoms with Gasteiger partial charge >= 0.3 is 0 Å². The Labute approximate surface area is 129 Å². The Balaban J connectivity index is 1.76. The molecule has 4 nitrogen and oxygen atoms in total. The topological polar surface area (TPSA) is 44.1 Å². The highest BCUT2D eigenvalue weighted by Crippen LogP contribution is 2.20. The van der Waals surface area contributed by atoms with Crippen molar-refractivity contribution in [3.05, 3.63) is 70.3 Å². The van der Waals surface area contributed by atoms with Crippen LogP contribution in [0.3, 0.4) is 0 Å². The van der Waals surface area contributed by atoms with Gasteiger partial charge in [0.15, 0.2) is 0 Å². The van der Waals surface area contributed by atoms with Crippen LogP contribution in [0.25, 0.3) is 10.9 Å². The lowest BCUT2D eigenvalue weighted by molar-refractivity contribution is 0.294. The number of hydrogen-bond acceptors (Lipinski definition) is 3. The molecule has 3 rings (SSSR count). The molecule has 1 aromatic heterocycles. The second kappa shape index (κ2) is 6.02. The Morgan fingerprint density at radius 2 is 1.91 bits per heavy atom. The summed E-state index contributed by atoms with van der Waals surface area (Å²) in [6, 6.07) is 13.3. The third kappa shape index (κ3) is 2.72. The van der Waals surface area contributed by atoms with E-state index in [1.165, 1.54) is 5.56 Å². The van der Waals surface area contributed by atoms with E-state index in [-0.39, 0.29) is 5.56 Å². The van der Waals surface area contributed by atoms with Crippen molar-refractivity contribution in [2.45, 2.75) is 20.4 Å². The van der Waals surface area contributed by atoms with Gasteiger partial charge in [-0.15, -0.1) is 0 Å². The van der Waals surface area contributed by atoms with E-state index in [1.54, 1.807) is 17.0 Å². The van der Waals surface area contributed by atoms with Gasteiger partial charge in [-0.25, -0.2) is 4.98 Å². The molecule has 3 aromatic rings. The van der Waals surface area contributed by atoms with Crippen LogP contribution < -0.4 is 10.3 Å². The first-order valence-corrected chi connectivity index (χ1v) is 7.30. The fraction of sp³-hybridized carbons (Fsp3) is 0.222. The van der Waals surface area contributed by atoms with Crippen LogP contribution in [-0.4, -0.2) is 16.2 Å². The molecule has 0 bridgehead atoms. The summed E-state index contributed by atoms with van der Waals surface area (Å²) in [7, 11) is 0. The molecule has 0 aliphatic rings. The van der Waals surface area contributed by atoms with Gasteiger partial charge in [0.1, 0.15) is 12.4 Å². The van der Waals surface area contributed by atoms with E-state index in [1.807, 2.05) is 37.3 Å². The van der Waals surface area contributed by atoms with Gasteiger partial charge in [0, 0.05) is 0 Å². The number of aromatic nitrogens is 2. The lowest BCUT2D eigenvalue weighted by Crippen LogP contribution is -2.23. The molecule has 0 aliphatic heterocycles. The van der Waals surface area contributed by atoms with E-state index in [4.69, 9.17) is 4.74 Å². The van der Waals surface area contributed by atoms with Gasteiger partial charge in [0.25, 0.3) is 5.56 Å². The predicted molar refractivity (Wildman–Crippen MR) is 87.4 cm³/mol. The van der Waals surface area contributed by atoms with Crippen molar-refractivity contribution in [1.82, 2.24) is 9.55 Å². The number of rotatable bonds is 4. The zero-order valence-corrected chi connectivity index (χ0v) is 12.7. The van der Waals surface area contributed by atoms with Crippen LogP contribution in [0.1, 0.15) is 11.1 Å². The maximum Gasteiger partial charge on any atom is 0.261 e. The summed E-state index contributed by atoms with van der Waals surface area (Å²) in [5, 5.41) is 0.636. The van der Waals surface area contributed by atoms with E-state index in [0.717, 1.165) is 16.8 Å². The molecule has 112 valence electrons. The lowest BCUT2D eigenvalue weighted by Gasteiger charge is -2.12. The molecule has 0 amide bonds. The van der Waals surface area contributed by atoms with Crippen LogP contribution in [0.5, 0.6) is 5.75 Å². The Morgan fingerprint density at radius 3 is 2.77 bits per heavy atom. The summed E-state index contributed by atoms with van der Waals surface area (Å²) in [5.74, 6) is 0.863. The van der Waals surface area contributed by atoms with E-state index >= 15 is 0 Å². The number of fused-ring (bicyclic) bond motifs is 1. The minimum absolute atomic E-state index is 0.0323. The molecule has 0 aliphatic carbocycles. The van der Waals surface area contributed by atoms with Crippen molar-refractivity contribution in [2.24, 2.45) is 0 Å². The van der Waals surface area contributed by atoms with Crippen molar-refractivity contribution < 1.29 is 4.74 Å². The lowest BCUT2D eigenvalue weighted by atomic mass is 10.1. The minimum atomic E-state index is -0.0323. The van der Waals surface area contributed by atoms with Crippen LogP contribution in [-0.2, 0) is 6.54 Å². The van der Waals surface area contributed by atoms with E-state index in [2.05, 4.69) is 18.0 Å². The number of para-hydroxylation sites is 1. The summed E-state index contributed by atoms with van der Waals surface area (Å²) in [4.78, 5) is 16.7. The second-order valence-corrected chi connectivity index (χ2v) is 5.31. The zero-order valence-electron chi connectivity index (χ0n) is 12.7. The molecule has 22 heavy (non-hydrogen) atoms. The van der Waals surface area contributed by atoms with Crippen molar-refractivity contribution in [3.63, 3.8) is 0 Å². The van der Waals surface area contributed by atoms with Crippen LogP contribution in [0.4, 0.5) is 0 Å². The van der Waals surface area contributed by atoms with E-state index in [9.17, 15) is 4.79 Å². The van der Waals surface area contributed by atoms with Gasteiger partial charge in [-0.1, -0.05) is 24.3 Å². The van der Waals surface area contributed by atoms with Crippen molar-refractivity contribution in [3.8, 4) is 5.75 Å². The largest absolute Gasteiger partial charge is 0.491 e. The molecule has 2 aromatic carbocycles. The monoisotopic (exact) mass is 294 g/mol. The average Bonchev–Trinajstić information content (AvgIpc) is 2.54. The number of hydrogen-bond donors (Lipinski definition) is 0. The standard InChI is InChI=1S/C18H18N2O2/c1-13-6-5-9-17(14(13)2)22-11-10-20-12-19-16-8-4-3-7-15(16)18(20)21/h3-9,12H,10-11H2,1-2H3. The highest BCUT2D eigenvalue weighted by atomic mass is 16.5. The normalized spacial score (nSPS) is 10.8. The summed E-state index contributed by atoms with van der Waals surface area (Å²) in [5.41, 5.74) is 3.02. The number of nitrogens with zero attached hydrogens (tertiary/aromatic N) is 2. The maximum absolute atomic E-state index is 12.4. The highest BCUT2D eigenvalue weighted by Gasteiger charge is 2.05. The zero-order chi connectivity index (χ0) is 15.5. The molecule has 0 unspecified atom stereocenters. The van der Waals surface area contributed by atoms with Crippen LogP contribution >= 0.6 is 0 Å². The number of benzene rings is 2. The summed E-state index contributed by atoms with van der Waals surface area (Å²) in [6.07, 6.45) is 1.58. The second-order valence-electron chi connectivity index (χ2n) is 5.31. The van der Waals surface area contributed by atoms with Crippen LogP contribution in [0.15, 0.2) is 53.6 Å². The fourth-order valence-corrected chi connectivity index (χ4v) is 2.40. The predicted octanol–water partition coefficient (Wildman–Crippen LogP) is 3.09. The third-order valence-corrected chi connectivity index (χ3v) is 3.88. The van der Waals surface area contributed by atoms with Gasteiger partial charge in [-0.3, -0.25) is 9.36 Å². The Kier molecular flexibility index (Phi) is 3.92. The summed E-state index contributed by atoms with van der Waals surface area (Å²) < 4.78 is 7.39.